The molecule has 0 aromatic rings. The fourth-order valence-corrected chi connectivity index (χ4v) is 4.73. The van der Waals surface area contributed by atoms with Gasteiger partial charge in [-0.3, -0.25) is 0 Å². The monoisotopic (exact) mass is 462 g/mol. The van der Waals surface area contributed by atoms with E-state index in [2.05, 4.69) is 26.6 Å². The van der Waals surface area contributed by atoms with Crippen LogP contribution in [0, 0.1) is 0 Å². The van der Waals surface area contributed by atoms with Crippen LogP contribution in [-0.4, -0.2) is 63.4 Å². The van der Waals surface area contributed by atoms with Crippen molar-refractivity contribution in [2.75, 3.05) is 39.3 Å². The van der Waals surface area contributed by atoms with Gasteiger partial charge in [-0.2, -0.15) is 0 Å². The van der Waals surface area contributed by atoms with Gasteiger partial charge < -0.3 is 26.6 Å². The molecule has 5 N–H and O–H groups in total. The predicted octanol–water partition coefficient (Wildman–Crippen LogP) is 2.34. The van der Waals surface area contributed by atoms with E-state index in [0.29, 0.717) is 24.2 Å². The SMILES string of the molecule is C1CNCCN[C@@H]2CCCC[C@H]2NCCN[C@@H]2CCCCC2NC1.[Cl][Mn][Cl]. The van der Waals surface area contributed by atoms with Gasteiger partial charge in [0.2, 0.25) is 0 Å². The molecule has 0 aromatic heterocycles. The molecule has 0 spiro atoms. The molecule has 5 nitrogen and oxygen atoms in total. The average molecular weight is 463 g/mol. The van der Waals surface area contributed by atoms with Gasteiger partial charge in [0.25, 0.3) is 0 Å². The van der Waals surface area contributed by atoms with Crippen LogP contribution in [0.2, 0.25) is 0 Å². The second kappa shape index (κ2) is 15.7. The Labute approximate surface area is 180 Å². The van der Waals surface area contributed by atoms with E-state index in [0.717, 1.165) is 39.3 Å². The maximum absolute atomic E-state index is 4.80. The van der Waals surface area contributed by atoms with E-state index >= 15 is 0 Å². The first-order valence-corrected chi connectivity index (χ1v) is 14.1. The van der Waals surface area contributed by atoms with E-state index in [1.807, 2.05) is 0 Å². The van der Waals surface area contributed by atoms with Crippen molar-refractivity contribution in [2.24, 2.45) is 0 Å². The second-order valence-electron chi connectivity index (χ2n) is 7.97. The van der Waals surface area contributed by atoms with Gasteiger partial charge in [0.05, 0.1) is 0 Å². The molecule has 2 saturated carbocycles. The van der Waals surface area contributed by atoms with Crippen LogP contribution < -0.4 is 26.6 Å². The molecule has 1 heterocycles. The van der Waals surface area contributed by atoms with Crippen LogP contribution in [0.5, 0.6) is 0 Å². The zero-order chi connectivity index (χ0) is 19.2. The third-order valence-electron chi connectivity index (χ3n) is 6.12. The van der Waals surface area contributed by atoms with Gasteiger partial charge in [-0.05, 0) is 45.2 Å². The van der Waals surface area contributed by atoms with E-state index in [-0.39, 0.29) is 13.1 Å². The van der Waals surface area contributed by atoms with E-state index in [1.54, 1.807) is 0 Å². The zero-order valence-corrected chi connectivity index (χ0v) is 19.2. The summed E-state index contributed by atoms with van der Waals surface area (Å²) in [5.41, 5.74) is 0. The normalized spacial score (nSPS) is 34.4. The summed E-state index contributed by atoms with van der Waals surface area (Å²) in [4.78, 5) is 0. The molecule has 4 atom stereocenters. The average Bonchev–Trinajstić information content (AvgIpc) is 2.69. The number of nitrogens with one attached hydrogen (secondary N) is 5. The molecule has 161 valence electrons. The Morgan fingerprint density at radius 3 is 1.30 bits per heavy atom. The topological polar surface area (TPSA) is 60.1 Å². The zero-order valence-electron chi connectivity index (χ0n) is 16.5. The summed E-state index contributed by atoms with van der Waals surface area (Å²) in [5.74, 6) is 0. The van der Waals surface area contributed by atoms with Crippen molar-refractivity contribution in [3.63, 3.8) is 0 Å². The van der Waals surface area contributed by atoms with Crippen molar-refractivity contribution in [3.8, 4) is 0 Å². The van der Waals surface area contributed by atoms with E-state index < -0.39 is 0 Å². The Hall–Kier alpha value is 0.899. The Balaban J connectivity index is 0.000000817. The van der Waals surface area contributed by atoms with Gasteiger partial charge in [-0.15, -0.1) is 0 Å². The summed E-state index contributed by atoms with van der Waals surface area (Å²) in [6, 6.07) is 2.67. The van der Waals surface area contributed by atoms with Crippen LogP contribution >= 0.6 is 20.2 Å². The number of rotatable bonds is 0. The van der Waals surface area contributed by atoms with Crippen LogP contribution in [0.25, 0.3) is 0 Å². The number of halogens is 2. The summed E-state index contributed by atoms with van der Waals surface area (Å²) in [6.07, 6.45) is 12.1. The van der Waals surface area contributed by atoms with E-state index in [1.165, 1.54) is 57.8 Å². The Kier molecular flexibility index (Phi) is 14.1. The first-order chi connectivity index (χ1) is 13.3. The molecule has 1 unspecified atom stereocenters. The van der Waals surface area contributed by atoms with Crippen molar-refractivity contribution in [2.45, 2.75) is 82.0 Å². The number of hydrogen-bond donors (Lipinski definition) is 5. The Morgan fingerprint density at radius 2 is 0.852 bits per heavy atom. The Morgan fingerprint density at radius 1 is 0.481 bits per heavy atom. The molecule has 3 aliphatic rings. The fraction of sp³-hybridized carbons (Fsp3) is 1.00. The van der Waals surface area contributed by atoms with Gasteiger partial charge >= 0.3 is 33.3 Å². The van der Waals surface area contributed by atoms with E-state index in [4.69, 9.17) is 20.2 Å². The molecule has 3 fully saturated rings. The third kappa shape index (κ3) is 9.97. The second-order valence-corrected chi connectivity index (χ2v) is 9.92. The predicted molar refractivity (Wildman–Crippen MR) is 113 cm³/mol. The Bertz CT molecular complexity index is 335. The maximum atomic E-state index is 4.80. The molecule has 0 aromatic carbocycles. The molecule has 27 heavy (non-hydrogen) atoms. The summed E-state index contributed by atoms with van der Waals surface area (Å²) in [5, 5.41) is 18.9. The van der Waals surface area contributed by atoms with Gasteiger partial charge in [0.1, 0.15) is 0 Å². The van der Waals surface area contributed by atoms with Gasteiger partial charge in [-0.25, -0.2) is 0 Å². The summed E-state index contributed by atoms with van der Waals surface area (Å²) >= 11 is 0.00694. The van der Waals surface area contributed by atoms with Crippen LogP contribution in [0.3, 0.4) is 0 Å². The van der Waals surface area contributed by atoms with Crippen LogP contribution in [0.4, 0.5) is 0 Å². The third-order valence-corrected chi connectivity index (χ3v) is 6.12. The van der Waals surface area contributed by atoms with Gasteiger partial charge in [0, 0.05) is 50.3 Å². The molecule has 1 saturated heterocycles. The standard InChI is InChI=1S/C19H39N5.2ClH.Mn/c1-2-7-17-16(6-1)21-11-5-10-20-12-13-22-18-8-3-4-9-19(18)24-15-14-23-17;;;/h16-24H,1-15H2;2*1H;/q;;;+2/p-2/t16?,17-,18-,19-;;;/m1.../s1. The first-order valence-electron chi connectivity index (χ1n) is 10.9. The van der Waals surface area contributed by atoms with Crippen molar-refractivity contribution in [1.29, 1.82) is 0 Å². The first kappa shape index (κ1) is 24.2. The minimum absolute atomic E-state index is 0.00694. The number of hydrogen-bond acceptors (Lipinski definition) is 5. The quantitative estimate of drug-likeness (QED) is 0.357. The van der Waals surface area contributed by atoms with Crippen molar-refractivity contribution >= 4 is 20.2 Å². The van der Waals surface area contributed by atoms with Gasteiger partial charge in [0.15, 0.2) is 0 Å². The molecule has 1 aliphatic heterocycles. The molecular formula is C19H39Cl2MnN5. The molecule has 0 bridgehead atoms. The molecule has 0 radical (unpaired) electrons. The molecule has 3 rings (SSSR count). The summed E-state index contributed by atoms with van der Waals surface area (Å²) in [7, 11) is 9.59. The molecular weight excluding hydrogens is 424 g/mol. The minimum atomic E-state index is 0.00694. The van der Waals surface area contributed by atoms with E-state index in [9.17, 15) is 0 Å². The van der Waals surface area contributed by atoms with Crippen LogP contribution in [0.1, 0.15) is 57.8 Å². The molecule has 0 amide bonds. The summed E-state index contributed by atoms with van der Waals surface area (Å²) < 4.78 is 0. The molecule has 2 aliphatic carbocycles. The van der Waals surface area contributed by atoms with Crippen molar-refractivity contribution in [1.82, 2.24) is 26.6 Å². The van der Waals surface area contributed by atoms with Crippen molar-refractivity contribution < 1.29 is 13.1 Å². The van der Waals surface area contributed by atoms with Crippen molar-refractivity contribution in [3.05, 3.63) is 0 Å². The summed E-state index contributed by atoms with van der Waals surface area (Å²) in [6.45, 7) is 6.67. The fourth-order valence-electron chi connectivity index (χ4n) is 4.73. The van der Waals surface area contributed by atoms with Gasteiger partial charge in [-0.1, -0.05) is 25.7 Å². The van der Waals surface area contributed by atoms with Crippen LogP contribution in [0.15, 0.2) is 0 Å². The molecule has 8 heteroatoms. The van der Waals surface area contributed by atoms with Crippen LogP contribution in [-0.2, 0) is 13.1 Å². The number of fused-ring (bicyclic) bond motifs is 2.